The third-order valence-electron chi connectivity index (χ3n) is 6.78. The molecule has 0 saturated carbocycles. The first-order valence-electron chi connectivity index (χ1n) is 11.9. The average molecular weight is 467 g/mol. The van der Waals surface area contributed by atoms with Gasteiger partial charge in [-0.05, 0) is 42.3 Å². The summed E-state index contributed by atoms with van der Waals surface area (Å²) in [6.45, 7) is 13.3. The maximum absolute atomic E-state index is 12.3. The van der Waals surface area contributed by atoms with Crippen LogP contribution in [0.4, 0.5) is 0 Å². The van der Waals surface area contributed by atoms with Gasteiger partial charge in [0, 0.05) is 18.4 Å². The fourth-order valence-corrected chi connectivity index (χ4v) is 9.37. The number of ether oxygens (including phenoxy) is 1. The molecule has 0 N–H and O–H groups in total. The summed E-state index contributed by atoms with van der Waals surface area (Å²) in [7, 11) is -3.46. The Hall–Kier alpha value is -1.05. The van der Waals surface area contributed by atoms with Gasteiger partial charge in [-0.1, -0.05) is 53.4 Å². The molecule has 0 amide bonds. The molecule has 7 heteroatoms. The van der Waals surface area contributed by atoms with Crippen LogP contribution in [0.1, 0.15) is 54.4 Å². The lowest BCUT2D eigenvalue weighted by molar-refractivity contribution is -0.125. The molecule has 0 heterocycles. The van der Waals surface area contributed by atoms with Crippen molar-refractivity contribution in [2.45, 2.75) is 96.8 Å². The second kappa shape index (κ2) is 14.2. The molecule has 1 aliphatic carbocycles. The van der Waals surface area contributed by atoms with E-state index in [1.165, 1.54) is 0 Å². The second-order valence-corrected chi connectivity index (χ2v) is 17.8. The SMILES string of the molecule is CC[Si](CC)(CC)OCC(=O)COCC#CCC1=CC(O[Si](CC)(CC)CC)CC1=O. The quantitative estimate of drug-likeness (QED) is 0.187. The van der Waals surface area contributed by atoms with Crippen LogP contribution in [-0.2, 0) is 23.2 Å². The van der Waals surface area contributed by atoms with Crippen molar-refractivity contribution in [2.75, 3.05) is 19.8 Å². The topological polar surface area (TPSA) is 61.8 Å². The van der Waals surface area contributed by atoms with Gasteiger partial charge in [-0.2, -0.15) is 0 Å². The van der Waals surface area contributed by atoms with Gasteiger partial charge in [-0.3, -0.25) is 9.59 Å². The van der Waals surface area contributed by atoms with Crippen molar-refractivity contribution in [3.8, 4) is 11.8 Å². The average Bonchev–Trinajstić information content (AvgIpc) is 3.14. The Balaban J connectivity index is 2.40. The highest BCUT2D eigenvalue weighted by atomic mass is 28.4. The van der Waals surface area contributed by atoms with E-state index in [-0.39, 0.29) is 37.5 Å². The Morgan fingerprint density at radius 1 is 0.935 bits per heavy atom. The Bertz CT molecular complexity index is 653. The van der Waals surface area contributed by atoms with Crippen LogP contribution in [0.5, 0.6) is 0 Å². The highest BCUT2D eigenvalue weighted by Crippen LogP contribution is 2.29. The number of carbonyl (C=O) groups excluding carboxylic acids is 2. The number of hydrogen-bond acceptors (Lipinski definition) is 5. The second-order valence-electron chi connectivity index (χ2n) is 8.31. The molecule has 1 aliphatic rings. The molecule has 0 saturated heterocycles. The monoisotopic (exact) mass is 466 g/mol. The van der Waals surface area contributed by atoms with E-state index in [0.29, 0.717) is 12.8 Å². The third-order valence-corrected chi connectivity index (χ3v) is 16.1. The van der Waals surface area contributed by atoms with Crippen molar-refractivity contribution in [1.29, 1.82) is 0 Å². The Morgan fingerprint density at radius 3 is 2.06 bits per heavy atom. The summed E-state index contributed by atoms with van der Waals surface area (Å²) < 4.78 is 17.8. The van der Waals surface area contributed by atoms with Crippen LogP contribution in [-0.4, -0.2) is 54.1 Å². The largest absolute Gasteiger partial charge is 0.410 e. The van der Waals surface area contributed by atoms with E-state index in [1.54, 1.807) is 0 Å². The molecule has 0 aliphatic heterocycles. The van der Waals surface area contributed by atoms with Gasteiger partial charge in [0.1, 0.15) is 13.2 Å². The Morgan fingerprint density at radius 2 is 1.52 bits per heavy atom. The zero-order valence-corrected chi connectivity index (χ0v) is 22.5. The lowest BCUT2D eigenvalue weighted by Gasteiger charge is -2.30. The van der Waals surface area contributed by atoms with Gasteiger partial charge in [0.2, 0.25) is 0 Å². The smallest absolute Gasteiger partial charge is 0.192 e. The van der Waals surface area contributed by atoms with Crippen molar-refractivity contribution < 1.29 is 23.2 Å². The molecular weight excluding hydrogens is 424 g/mol. The highest BCUT2D eigenvalue weighted by Gasteiger charge is 2.34. The Kier molecular flexibility index (Phi) is 12.8. The zero-order valence-electron chi connectivity index (χ0n) is 20.5. The van der Waals surface area contributed by atoms with Crippen LogP contribution in [0.3, 0.4) is 0 Å². The van der Waals surface area contributed by atoms with Crippen molar-refractivity contribution >= 4 is 28.2 Å². The predicted octanol–water partition coefficient (Wildman–Crippen LogP) is 5.28. The van der Waals surface area contributed by atoms with Gasteiger partial charge in [-0.25, -0.2) is 0 Å². The van der Waals surface area contributed by atoms with Gasteiger partial charge >= 0.3 is 0 Å². The van der Waals surface area contributed by atoms with E-state index >= 15 is 0 Å². The van der Waals surface area contributed by atoms with E-state index in [9.17, 15) is 9.59 Å². The standard InChI is InChI=1S/C24H42O5Si2/c1-7-30(8-2,9-3)28-20-22(25)19-27-16-14-13-15-21-17-23(18-24(21)26)29-31(10-4,11-5)12-6/h17,23H,7-12,15-16,18-20H2,1-6H3. The molecule has 0 spiro atoms. The number of allylic oxidation sites excluding steroid dienone is 1. The molecule has 31 heavy (non-hydrogen) atoms. The summed E-state index contributed by atoms with van der Waals surface area (Å²) in [5, 5.41) is 0. The van der Waals surface area contributed by atoms with Gasteiger partial charge in [0.15, 0.2) is 28.2 Å². The van der Waals surface area contributed by atoms with Gasteiger partial charge in [-0.15, -0.1) is 0 Å². The maximum atomic E-state index is 12.3. The molecule has 0 fully saturated rings. The van der Waals surface area contributed by atoms with E-state index < -0.39 is 16.6 Å². The van der Waals surface area contributed by atoms with Crippen LogP contribution in [0.25, 0.3) is 0 Å². The molecule has 0 aromatic carbocycles. The van der Waals surface area contributed by atoms with Crippen molar-refractivity contribution in [1.82, 2.24) is 0 Å². The minimum atomic E-state index is -1.74. The van der Waals surface area contributed by atoms with E-state index in [0.717, 1.165) is 41.8 Å². The molecule has 1 unspecified atom stereocenters. The summed E-state index contributed by atoms with van der Waals surface area (Å²) in [6.07, 6.45) is 2.73. The predicted molar refractivity (Wildman–Crippen MR) is 131 cm³/mol. The van der Waals surface area contributed by atoms with Crippen LogP contribution < -0.4 is 0 Å². The van der Waals surface area contributed by atoms with Crippen LogP contribution >= 0.6 is 0 Å². The summed E-state index contributed by atoms with van der Waals surface area (Å²) in [6, 6.07) is 6.31. The normalized spacial score (nSPS) is 16.8. The molecule has 0 aromatic rings. The summed E-state index contributed by atoms with van der Waals surface area (Å²) in [5.41, 5.74) is 0.744. The first-order valence-corrected chi connectivity index (χ1v) is 17.0. The minimum absolute atomic E-state index is 0.0195. The van der Waals surface area contributed by atoms with E-state index in [2.05, 4.69) is 53.4 Å². The lowest BCUT2D eigenvalue weighted by Crippen LogP contribution is -2.39. The molecule has 176 valence electrons. The first-order chi connectivity index (χ1) is 14.8. The van der Waals surface area contributed by atoms with E-state index in [1.807, 2.05) is 6.08 Å². The number of Topliss-reactive ketones (excluding diaryl/α,β-unsaturated/α-hetero) is 2. The van der Waals surface area contributed by atoms with Gasteiger partial charge in [0.05, 0.1) is 12.7 Å². The highest BCUT2D eigenvalue weighted by molar-refractivity contribution is 6.74. The number of carbonyl (C=O) groups is 2. The molecule has 0 aromatic heterocycles. The van der Waals surface area contributed by atoms with Crippen LogP contribution in [0.15, 0.2) is 11.6 Å². The summed E-state index contributed by atoms with van der Waals surface area (Å²) >= 11 is 0. The van der Waals surface area contributed by atoms with Crippen LogP contribution in [0, 0.1) is 11.8 Å². The fourth-order valence-electron chi connectivity index (χ4n) is 4.00. The first kappa shape index (κ1) is 28.0. The molecule has 0 bridgehead atoms. The number of hydrogen-bond donors (Lipinski definition) is 0. The summed E-state index contributed by atoms with van der Waals surface area (Å²) in [4.78, 5) is 24.3. The van der Waals surface area contributed by atoms with Crippen molar-refractivity contribution in [3.63, 3.8) is 0 Å². The summed E-state index contributed by atoms with van der Waals surface area (Å²) in [5.74, 6) is 6.00. The van der Waals surface area contributed by atoms with E-state index in [4.69, 9.17) is 13.6 Å². The Labute approximate surface area is 191 Å². The maximum Gasteiger partial charge on any atom is 0.192 e. The zero-order chi connectivity index (χ0) is 23.3. The molecule has 5 nitrogen and oxygen atoms in total. The third kappa shape index (κ3) is 8.78. The minimum Gasteiger partial charge on any atom is -0.410 e. The van der Waals surface area contributed by atoms with Crippen molar-refractivity contribution in [2.24, 2.45) is 0 Å². The van der Waals surface area contributed by atoms with Crippen molar-refractivity contribution in [3.05, 3.63) is 11.6 Å². The number of rotatable bonds is 15. The number of ketones is 2. The van der Waals surface area contributed by atoms with Crippen LogP contribution in [0.2, 0.25) is 36.3 Å². The molecule has 1 atom stereocenters. The molecular formula is C24H42O5Si2. The molecule has 1 rings (SSSR count). The lowest BCUT2D eigenvalue weighted by atomic mass is 10.1. The molecule has 0 radical (unpaired) electrons. The van der Waals surface area contributed by atoms with Gasteiger partial charge < -0.3 is 13.6 Å². The van der Waals surface area contributed by atoms with Gasteiger partial charge in [0.25, 0.3) is 0 Å². The fraction of sp³-hybridized carbons (Fsp3) is 0.750.